The fourth-order valence-electron chi connectivity index (χ4n) is 1.67. The van der Waals surface area contributed by atoms with Crippen LogP contribution in [-0.4, -0.2) is 33.1 Å². The molecule has 0 amide bonds. The molecule has 96 valence electrons. The summed E-state index contributed by atoms with van der Waals surface area (Å²) in [4.78, 5) is 0. The maximum absolute atomic E-state index is 11.0. The molecule has 0 aromatic rings. The van der Waals surface area contributed by atoms with Gasteiger partial charge >= 0.3 is 0 Å². The van der Waals surface area contributed by atoms with Crippen LogP contribution in [0.25, 0.3) is 0 Å². The van der Waals surface area contributed by atoms with E-state index in [4.69, 9.17) is 4.74 Å². The van der Waals surface area contributed by atoms with Gasteiger partial charge in [0.2, 0.25) is 0 Å². The second-order valence-electron chi connectivity index (χ2n) is 4.18. The van der Waals surface area contributed by atoms with E-state index in [2.05, 4.69) is 11.3 Å². The maximum Gasteiger partial charge on any atom is 0.250 e. The number of sulfonamides is 1. The topological polar surface area (TPSA) is 55.7 Å². The Morgan fingerprint density at radius 3 is 2.35 bits per heavy atom. The van der Waals surface area contributed by atoms with Crippen molar-refractivity contribution in [3.05, 3.63) is 24.3 Å². The van der Waals surface area contributed by atoms with Crippen LogP contribution in [0.1, 0.15) is 26.2 Å². The van der Waals surface area contributed by atoms with Crippen molar-refractivity contribution < 1.29 is 13.2 Å². The molecule has 4 nitrogen and oxygen atoms in total. The van der Waals surface area contributed by atoms with Gasteiger partial charge in [-0.3, -0.25) is 0 Å². The standard InChI is InChI=1S/C12H19NO3S/c1-4-5-8-12(16-2)9-6-11(7-10-12)13-17(3,14)15/h6-7,9-10H,4-5,8H2,1-3H3. The summed E-state index contributed by atoms with van der Waals surface area (Å²) in [6.07, 6.45) is 11.2. The highest BCUT2D eigenvalue weighted by Gasteiger charge is 2.25. The summed E-state index contributed by atoms with van der Waals surface area (Å²) in [5.41, 5.74) is 0.0312. The van der Waals surface area contributed by atoms with E-state index >= 15 is 0 Å². The summed E-state index contributed by atoms with van der Waals surface area (Å²) in [5, 5.41) is 0. The van der Waals surface area contributed by atoms with Crippen LogP contribution in [0.2, 0.25) is 0 Å². The molecule has 0 saturated heterocycles. The zero-order valence-corrected chi connectivity index (χ0v) is 11.3. The molecule has 1 aliphatic carbocycles. The molecule has 1 rings (SSSR count). The molecule has 0 radical (unpaired) electrons. The van der Waals surface area contributed by atoms with Crippen molar-refractivity contribution in [2.45, 2.75) is 31.8 Å². The number of allylic oxidation sites excluding steroid dienone is 2. The summed E-state index contributed by atoms with van der Waals surface area (Å²) in [6.45, 7) is 2.12. The second-order valence-corrected chi connectivity index (χ2v) is 5.83. The van der Waals surface area contributed by atoms with Gasteiger partial charge in [-0.05, 0) is 30.7 Å². The summed E-state index contributed by atoms with van der Waals surface area (Å²) < 4.78 is 31.1. The molecule has 0 aliphatic heterocycles. The van der Waals surface area contributed by atoms with Gasteiger partial charge in [0, 0.05) is 7.11 Å². The van der Waals surface area contributed by atoms with Crippen molar-refractivity contribution in [3.63, 3.8) is 0 Å². The molecular weight excluding hydrogens is 238 g/mol. The van der Waals surface area contributed by atoms with Crippen LogP contribution >= 0.6 is 0 Å². The van der Waals surface area contributed by atoms with E-state index in [0.29, 0.717) is 5.71 Å². The molecule has 0 saturated carbocycles. The lowest BCUT2D eigenvalue weighted by molar-refractivity contribution is 0.0644. The van der Waals surface area contributed by atoms with Gasteiger partial charge in [-0.2, -0.15) is 4.40 Å². The minimum atomic E-state index is -3.34. The Balaban J connectivity index is 2.84. The van der Waals surface area contributed by atoms with Crippen molar-refractivity contribution in [1.82, 2.24) is 0 Å². The molecule has 5 heteroatoms. The third kappa shape index (κ3) is 4.44. The highest BCUT2D eigenvalue weighted by molar-refractivity contribution is 7.89. The molecule has 17 heavy (non-hydrogen) atoms. The molecular formula is C12H19NO3S. The summed E-state index contributed by atoms with van der Waals surface area (Å²) in [7, 11) is -1.68. The summed E-state index contributed by atoms with van der Waals surface area (Å²) in [5.74, 6) is 0. The largest absolute Gasteiger partial charge is 0.370 e. The van der Waals surface area contributed by atoms with Crippen LogP contribution in [0.3, 0.4) is 0 Å². The van der Waals surface area contributed by atoms with E-state index in [-0.39, 0.29) is 0 Å². The number of methoxy groups -OCH3 is 1. The van der Waals surface area contributed by atoms with E-state index in [1.165, 1.54) is 0 Å². The van der Waals surface area contributed by atoms with Crippen molar-refractivity contribution >= 4 is 15.7 Å². The lowest BCUT2D eigenvalue weighted by atomic mass is 9.91. The van der Waals surface area contributed by atoms with Gasteiger partial charge in [0.15, 0.2) is 0 Å². The Morgan fingerprint density at radius 2 is 1.94 bits per heavy atom. The molecule has 0 aromatic heterocycles. The average Bonchev–Trinajstić information content (AvgIpc) is 2.27. The van der Waals surface area contributed by atoms with E-state index in [0.717, 1.165) is 25.5 Å². The molecule has 0 spiro atoms. The smallest absolute Gasteiger partial charge is 0.250 e. The molecule has 0 fully saturated rings. The first-order valence-electron chi connectivity index (χ1n) is 5.64. The van der Waals surface area contributed by atoms with E-state index in [1.54, 1.807) is 19.3 Å². The lowest BCUT2D eigenvalue weighted by Crippen LogP contribution is -2.28. The van der Waals surface area contributed by atoms with Crippen LogP contribution in [0.5, 0.6) is 0 Å². The fourth-order valence-corrected chi connectivity index (χ4v) is 2.18. The van der Waals surface area contributed by atoms with Gasteiger partial charge in [0.25, 0.3) is 10.0 Å². The Bertz CT molecular complexity index is 430. The lowest BCUT2D eigenvalue weighted by Gasteiger charge is -2.27. The first-order valence-corrected chi connectivity index (χ1v) is 7.49. The first kappa shape index (κ1) is 14.1. The van der Waals surface area contributed by atoms with Gasteiger partial charge in [0.05, 0.1) is 12.0 Å². The third-order valence-electron chi connectivity index (χ3n) is 2.64. The maximum atomic E-state index is 11.0. The first-order chi connectivity index (χ1) is 7.91. The number of ether oxygens (including phenoxy) is 1. The minimum absolute atomic E-state index is 0.410. The monoisotopic (exact) mass is 257 g/mol. The zero-order valence-electron chi connectivity index (χ0n) is 10.5. The van der Waals surface area contributed by atoms with Crippen molar-refractivity contribution in [1.29, 1.82) is 0 Å². The predicted molar refractivity (Wildman–Crippen MR) is 69.8 cm³/mol. The van der Waals surface area contributed by atoms with Crippen molar-refractivity contribution in [2.75, 3.05) is 13.4 Å². The normalized spacial score (nSPS) is 24.1. The Hall–Kier alpha value is -0.940. The Kier molecular flexibility index (Phi) is 4.65. The van der Waals surface area contributed by atoms with Gasteiger partial charge < -0.3 is 4.74 Å². The second kappa shape index (κ2) is 5.60. The number of rotatable bonds is 5. The Morgan fingerprint density at radius 1 is 1.35 bits per heavy atom. The van der Waals surface area contributed by atoms with Crippen LogP contribution in [0.4, 0.5) is 0 Å². The fraction of sp³-hybridized carbons (Fsp3) is 0.583. The van der Waals surface area contributed by atoms with Crippen LogP contribution in [0, 0.1) is 0 Å². The zero-order chi connectivity index (χ0) is 12.9. The molecule has 0 bridgehead atoms. The third-order valence-corrected chi connectivity index (χ3v) is 3.19. The molecule has 0 unspecified atom stereocenters. The SMILES string of the molecule is CCCCC1(OC)C=CC(=NS(C)(=O)=O)C=C1. The summed E-state index contributed by atoms with van der Waals surface area (Å²) in [6, 6.07) is 0. The van der Waals surface area contributed by atoms with Crippen molar-refractivity contribution in [2.24, 2.45) is 4.40 Å². The minimum Gasteiger partial charge on any atom is -0.370 e. The number of unbranched alkanes of at least 4 members (excludes halogenated alkanes) is 1. The molecule has 0 N–H and O–H groups in total. The van der Waals surface area contributed by atoms with E-state index in [1.807, 2.05) is 12.2 Å². The van der Waals surface area contributed by atoms with Crippen LogP contribution in [-0.2, 0) is 14.8 Å². The molecule has 0 atom stereocenters. The molecule has 0 aromatic carbocycles. The number of hydrogen-bond acceptors (Lipinski definition) is 3. The molecule has 0 heterocycles. The quantitative estimate of drug-likeness (QED) is 0.757. The molecule has 1 aliphatic rings. The van der Waals surface area contributed by atoms with Gasteiger partial charge in [-0.15, -0.1) is 0 Å². The predicted octanol–water partition coefficient (Wildman–Crippen LogP) is 2.09. The van der Waals surface area contributed by atoms with Crippen LogP contribution in [0.15, 0.2) is 28.7 Å². The average molecular weight is 257 g/mol. The highest BCUT2D eigenvalue weighted by atomic mass is 32.2. The number of nitrogens with zero attached hydrogens (tertiary/aromatic N) is 1. The van der Waals surface area contributed by atoms with Gasteiger partial charge in [-0.1, -0.05) is 19.8 Å². The van der Waals surface area contributed by atoms with E-state index in [9.17, 15) is 8.42 Å². The highest BCUT2D eigenvalue weighted by Crippen LogP contribution is 2.25. The van der Waals surface area contributed by atoms with Crippen molar-refractivity contribution in [3.8, 4) is 0 Å². The summed E-state index contributed by atoms with van der Waals surface area (Å²) >= 11 is 0. The number of hydrogen-bond donors (Lipinski definition) is 0. The van der Waals surface area contributed by atoms with E-state index < -0.39 is 15.6 Å². The van der Waals surface area contributed by atoms with Gasteiger partial charge in [-0.25, -0.2) is 8.42 Å². The Labute approximate surface area is 103 Å². The van der Waals surface area contributed by atoms with Gasteiger partial charge in [0.1, 0.15) is 5.60 Å². The van der Waals surface area contributed by atoms with Crippen LogP contribution < -0.4 is 0 Å².